The summed E-state index contributed by atoms with van der Waals surface area (Å²) in [6.45, 7) is 0. The summed E-state index contributed by atoms with van der Waals surface area (Å²) in [6.07, 6.45) is 0. The van der Waals surface area contributed by atoms with Gasteiger partial charge in [0.25, 0.3) is 0 Å². The van der Waals surface area contributed by atoms with Crippen molar-refractivity contribution in [3.63, 3.8) is 0 Å². The average Bonchev–Trinajstić information content (AvgIpc) is 3.31. The second-order valence-electron chi connectivity index (χ2n) is 4.48. The normalized spacial score (nSPS) is 7.70. The van der Waals surface area contributed by atoms with E-state index in [9.17, 15) is 0 Å². The van der Waals surface area contributed by atoms with Gasteiger partial charge in [0.15, 0.2) is 0 Å². The number of rotatable bonds is 0. The molecule has 0 bridgehead atoms. The Morgan fingerprint density at radius 3 is 0.481 bits per heavy atom. The van der Waals surface area contributed by atoms with Gasteiger partial charge in [-0.15, -0.1) is 0 Å². The molecular formula is C20H16Fe2GeS4-8. The van der Waals surface area contributed by atoms with E-state index in [1.165, 1.54) is 0 Å². The van der Waals surface area contributed by atoms with Crippen LogP contribution >= 0.6 is 0 Å². The van der Waals surface area contributed by atoms with Crippen LogP contribution in [0.5, 0.6) is 0 Å². The molecule has 0 heterocycles. The summed E-state index contributed by atoms with van der Waals surface area (Å²) >= 11 is 19.0. The smallest absolute Gasteiger partial charge is 0 e. The molecule has 0 amide bonds. The van der Waals surface area contributed by atoms with Crippen LogP contribution in [0.25, 0.3) is 0 Å². The third-order valence-electron chi connectivity index (χ3n) is 2.53. The molecule has 4 rings (SSSR count). The zero-order chi connectivity index (χ0) is 17.6. The van der Waals surface area contributed by atoms with E-state index in [2.05, 4.69) is 0 Å². The minimum atomic E-state index is 0. The molecule has 148 valence electrons. The maximum atomic E-state index is 4.75. The maximum absolute atomic E-state index is 4.75. The van der Waals surface area contributed by atoms with Gasteiger partial charge < -0.3 is 50.5 Å². The van der Waals surface area contributed by atoms with E-state index in [4.69, 9.17) is 50.5 Å². The van der Waals surface area contributed by atoms with Gasteiger partial charge in [-0.2, -0.15) is 0 Å². The average molecular weight is 569 g/mol. The van der Waals surface area contributed by atoms with Crippen molar-refractivity contribution in [2.75, 3.05) is 0 Å². The van der Waals surface area contributed by atoms with Gasteiger partial charge in [-0.25, -0.2) is 97.1 Å². The van der Waals surface area contributed by atoms with Crippen LogP contribution < -0.4 is 0 Å². The summed E-state index contributed by atoms with van der Waals surface area (Å²) < 4.78 is 0. The summed E-state index contributed by atoms with van der Waals surface area (Å²) in [4.78, 5) is 3.70. The monoisotopic (exact) mass is 570 g/mol. The molecule has 0 N–H and O–H groups in total. The number of hydrogen-bond donors (Lipinski definition) is 0. The van der Waals surface area contributed by atoms with E-state index in [1.54, 1.807) is 0 Å². The molecule has 0 spiro atoms. The molecule has 0 aliphatic carbocycles. The molecule has 0 fully saturated rings. The zero-order valence-electron chi connectivity index (χ0n) is 14.1. The first kappa shape index (κ1) is 31.6. The van der Waals surface area contributed by atoms with Crippen molar-refractivity contribution in [1.82, 2.24) is 0 Å². The van der Waals surface area contributed by atoms with Crippen molar-refractivity contribution in [2.45, 2.75) is 19.6 Å². The molecule has 4 aromatic rings. The molecule has 4 aromatic carbocycles. The summed E-state index contributed by atoms with van der Waals surface area (Å²) in [6, 6.07) is 30.6. The molecule has 0 atom stereocenters. The van der Waals surface area contributed by atoms with Crippen molar-refractivity contribution >= 4 is 68.1 Å². The topological polar surface area (TPSA) is 0 Å². The summed E-state index contributed by atoms with van der Waals surface area (Å²) in [5.74, 6) is 0. The first-order chi connectivity index (χ1) is 11.6. The van der Waals surface area contributed by atoms with Crippen molar-refractivity contribution in [2.24, 2.45) is 0 Å². The van der Waals surface area contributed by atoms with E-state index < -0.39 is 0 Å². The molecule has 0 aromatic heterocycles. The van der Waals surface area contributed by atoms with E-state index >= 15 is 0 Å². The Balaban J connectivity index is -0.000000274. The van der Waals surface area contributed by atoms with Crippen molar-refractivity contribution < 1.29 is 34.1 Å². The molecular weight excluding hydrogens is 553 g/mol. The first-order valence-corrected chi connectivity index (χ1v) is 8.76. The Labute approximate surface area is 216 Å². The standard InChI is InChI=1S/4C5H4S.2Fe.Ge/c4*6-5-3-1-2-4-5;;;/h4*1-4H;;;/q4*-2;;;. The van der Waals surface area contributed by atoms with Gasteiger partial charge in [-0.1, -0.05) is 0 Å². The molecule has 0 saturated heterocycles. The third kappa shape index (κ3) is 19.0. The van der Waals surface area contributed by atoms with Crippen LogP contribution in [0.15, 0.2) is 117 Å². The Hall–Kier alpha value is -0.138. The van der Waals surface area contributed by atoms with Gasteiger partial charge in [0.1, 0.15) is 0 Å². The van der Waals surface area contributed by atoms with Gasteiger partial charge >= 0.3 is 0 Å². The predicted octanol–water partition coefficient (Wildman–Crippen LogP) is 4.86. The molecule has 4 radical (unpaired) electrons. The molecule has 0 aliphatic rings. The fourth-order valence-electron chi connectivity index (χ4n) is 1.43. The van der Waals surface area contributed by atoms with Crippen LogP contribution in [0.3, 0.4) is 0 Å². The van der Waals surface area contributed by atoms with Gasteiger partial charge in [0.05, 0.1) is 0 Å². The minimum Gasteiger partial charge on any atom is -0.859 e. The fraction of sp³-hybridized carbons (Fsp3) is 0. The Morgan fingerprint density at radius 1 is 0.333 bits per heavy atom. The maximum Gasteiger partial charge on any atom is 0 e. The van der Waals surface area contributed by atoms with E-state index in [1.807, 2.05) is 97.1 Å². The first-order valence-electron chi connectivity index (χ1n) is 7.13. The van der Waals surface area contributed by atoms with Crippen LogP contribution in [0.1, 0.15) is 0 Å². The molecule has 0 unspecified atom stereocenters. The fourth-order valence-corrected chi connectivity index (χ4v) is 2.05. The van der Waals surface area contributed by atoms with Crippen LogP contribution in [-0.2, 0) is 84.7 Å². The Bertz CT molecular complexity index is 575. The minimum absolute atomic E-state index is 0. The van der Waals surface area contributed by atoms with Gasteiger partial charge in [-0.3, -0.25) is 19.6 Å². The quantitative estimate of drug-likeness (QED) is 0.169. The second kappa shape index (κ2) is 20.6. The SMILES string of the molecule is [Fe].[Fe].[Ge].[S-][c-]1cccc1.[S-][c-]1cccc1.[S-][c-]1cccc1.[S-][c-]1cccc1. The van der Waals surface area contributed by atoms with E-state index in [0.29, 0.717) is 0 Å². The molecule has 7 heteroatoms. The van der Waals surface area contributed by atoms with Crippen molar-refractivity contribution in [3.8, 4) is 0 Å². The predicted molar refractivity (Wildman–Crippen MR) is 116 cm³/mol. The van der Waals surface area contributed by atoms with Crippen LogP contribution in [0, 0.1) is 0 Å². The van der Waals surface area contributed by atoms with Crippen molar-refractivity contribution in [1.29, 1.82) is 0 Å². The molecule has 0 saturated carbocycles. The van der Waals surface area contributed by atoms with E-state index in [-0.39, 0.29) is 51.7 Å². The largest absolute Gasteiger partial charge is 0.859 e. The Morgan fingerprint density at radius 2 is 0.444 bits per heavy atom. The van der Waals surface area contributed by atoms with Gasteiger partial charge in [0.2, 0.25) is 0 Å². The van der Waals surface area contributed by atoms with Crippen molar-refractivity contribution in [3.05, 3.63) is 97.1 Å². The number of hydrogen-bond acceptors (Lipinski definition) is 4. The van der Waals surface area contributed by atoms with Crippen LogP contribution in [0.2, 0.25) is 0 Å². The molecule has 27 heavy (non-hydrogen) atoms. The molecule has 0 aliphatic heterocycles. The Kier molecular flexibility index (Phi) is 24.1. The summed E-state index contributed by atoms with van der Waals surface area (Å²) in [5, 5.41) is 0. The van der Waals surface area contributed by atoms with Gasteiger partial charge in [-0.05, 0) is 0 Å². The molecule has 0 nitrogen and oxygen atoms in total. The van der Waals surface area contributed by atoms with Gasteiger partial charge in [0, 0.05) is 51.7 Å². The zero-order valence-corrected chi connectivity index (χ0v) is 21.7. The summed E-state index contributed by atoms with van der Waals surface area (Å²) in [7, 11) is 0. The van der Waals surface area contributed by atoms with E-state index in [0.717, 1.165) is 19.6 Å². The van der Waals surface area contributed by atoms with Crippen LogP contribution in [0.4, 0.5) is 0 Å². The second-order valence-corrected chi connectivity index (χ2v) is 6.37. The van der Waals surface area contributed by atoms with Crippen LogP contribution in [-0.4, -0.2) is 17.6 Å². The summed E-state index contributed by atoms with van der Waals surface area (Å²) in [5.41, 5.74) is 0. The third-order valence-corrected chi connectivity index (χ3v) is 3.62.